The molecule has 2 rings (SSSR count). The Balaban J connectivity index is 2.03. The van der Waals surface area contributed by atoms with E-state index in [0.29, 0.717) is 5.82 Å². The Morgan fingerprint density at radius 3 is 2.83 bits per heavy atom. The second kappa shape index (κ2) is 7.06. The number of hydrogen-bond acceptors (Lipinski definition) is 7. The summed E-state index contributed by atoms with van der Waals surface area (Å²) in [4.78, 5) is 8.09. The number of ether oxygens (including phenoxy) is 1. The Morgan fingerprint density at radius 2 is 2.13 bits per heavy atom. The van der Waals surface area contributed by atoms with Crippen LogP contribution in [0.3, 0.4) is 0 Å². The van der Waals surface area contributed by atoms with Crippen LogP contribution in [0.15, 0.2) is 35.4 Å². The van der Waals surface area contributed by atoms with Gasteiger partial charge in [0, 0.05) is 6.07 Å². The van der Waals surface area contributed by atoms with Gasteiger partial charge < -0.3 is 15.6 Å². The Bertz CT molecular complexity index is 695. The van der Waals surface area contributed by atoms with E-state index < -0.39 is 5.60 Å². The van der Waals surface area contributed by atoms with Gasteiger partial charge in [-0.1, -0.05) is 29.8 Å². The minimum absolute atomic E-state index is 0.0580. The lowest BCUT2D eigenvalue weighted by atomic mass is 10.2. The Kier molecular flexibility index (Phi) is 5.13. The van der Waals surface area contributed by atoms with Crippen molar-refractivity contribution in [1.29, 1.82) is 0 Å². The molecular formula is C16H21N5O2. The third-order valence-corrected chi connectivity index (χ3v) is 2.71. The molecule has 0 amide bonds. The van der Waals surface area contributed by atoms with Crippen LogP contribution in [0.2, 0.25) is 0 Å². The fraction of sp³-hybridized carbons (Fsp3) is 0.312. The number of hydrogen-bond donors (Lipinski definition) is 3. The smallest absolute Gasteiger partial charge is 0.320 e. The highest BCUT2D eigenvalue weighted by atomic mass is 16.5. The summed E-state index contributed by atoms with van der Waals surface area (Å²) in [6.45, 7) is 5.33. The van der Waals surface area contributed by atoms with Gasteiger partial charge in [0.15, 0.2) is 5.82 Å². The van der Waals surface area contributed by atoms with E-state index in [0.717, 1.165) is 11.1 Å². The normalized spacial score (nSPS) is 11.7. The van der Waals surface area contributed by atoms with Crippen LogP contribution in [-0.4, -0.2) is 33.5 Å². The largest absolute Gasteiger partial charge is 0.460 e. The van der Waals surface area contributed by atoms with E-state index in [1.807, 2.05) is 31.2 Å². The SMILES string of the molecule is Cc1cccc(C=NNc2cc(N)nc(OCC(C)(C)O)n2)c1. The number of benzene rings is 1. The molecule has 0 bridgehead atoms. The first-order chi connectivity index (χ1) is 10.8. The molecule has 0 spiro atoms. The quantitative estimate of drug-likeness (QED) is 0.556. The first-order valence-electron chi connectivity index (χ1n) is 7.17. The summed E-state index contributed by atoms with van der Waals surface area (Å²) in [5.41, 5.74) is 9.65. The van der Waals surface area contributed by atoms with Crippen LogP contribution in [-0.2, 0) is 0 Å². The van der Waals surface area contributed by atoms with Gasteiger partial charge in [0.25, 0.3) is 0 Å². The number of aromatic nitrogens is 2. The number of anilines is 2. The molecule has 7 nitrogen and oxygen atoms in total. The lowest BCUT2D eigenvalue weighted by Crippen LogP contribution is -2.28. The minimum atomic E-state index is -0.981. The summed E-state index contributed by atoms with van der Waals surface area (Å²) in [5, 5.41) is 13.8. The standard InChI is InChI=1S/C16H21N5O2/c1-11-5-4-6-12(7-11)9-18-21-14-8-13(17)19-15(20-14)23-10-16(2,3)22/h4-9,22H,10H2,1-3H3,(H3,17,19,20,21). The fourth-order valence-electron chi connectivity index (χ4n) is 1.73. The number of nitrogens with zero attached hydrogens (tertiary/aromatic N) is 3. The molecule has 122 valence electrons. The van der Waals surface area contributed by atoms with Crippen molar-refractivity contribution in [3.05, 3.63) is 41.5 Å². The minimum Gasteiger partial charge on any atom is -0.460 e. The maximum Gasteiger partial charge on any atom is 0.320 e. The van der Waals surface area contributed by atoms with E-state index in [2.05, 4.69) is 20.5 Å². The second-order valence-electron chi connectivity index (χ2n) is 5.85. The monoisotopic (exact) mass is 315 g/mol. The Hall–Kier alpha value is -2.67. The summed E-state index contributed by atoms with van der Waals surface area (Å²) < 4.78 is 5.33. The second-order valence-corrected chi connectivity index (χ2v) is 5.85. The highest BCUT2D eigenvalue weighted by Gasteiger charge is 2.14. The van der Waals surface area contributed by atoms with Crippen molar-refractivity contribution in [3.63, 3.8) is 0 Å². The van der Waals surface area contributed by atoms with Gasteiger partial charge >= 0.3 is 6.01 Å². The highest BCUT2D eigenvalue weighted by molar-refractivity contribution is 5.80. The third-order valence-electron chi connectivity index (χ3n) is 2.71. The van der Waals surface area contributed by atoms with Crippen LogP contribution in [0.4, 0.5) is 11.6 Å². The number of nitrogens with one attached hydrogen (secondary N) is 1. The third kappa shape index (κ3) is 5.91. The lowest BCUT2D eigenvalue weighted by Gasteiger charge is -2.16. The molecule has 23 heavy (non-hydrogen) atoms. The molecule has 0 aliphatic rings. The van der Waals surface area contributed by atoms with Gasteiger partial charge in [-0.2, -0.15) is 15.1 Å². The van der Waals surface area contributed by atoms with Gasteiger partial charge in [-0.3, -0.25) is 5.43 Å². The molecule has 0 saturated heterocycles. The maximum absolute atomic E-state index is 9.66. The molecule has 0 aliphatic carbocycles. The van der Waals surface area contributed by atoms with Gasteiger partial charge in [0.2, 0.25) is 0 Å². The van der Waals surface area contributed by atoms with E-state index in [1.165, 1.54) is 0 Å². The molecule has 4 N–H and O–H groups in total. The predicted octanol–water partition coefficient (Wildman–Crippen LogP) is 1.96. The maximum atomic E-state index is 9.66. The van der Waals surface area contributed by atoms with Crippen LogP contribution in [0.25, 0.3) is 0 Å². The van der Waals surface area contributed by atoms with Crippen molar-refractivity contribution >= 4 is 17.9 Å². The van der Waals surface area contributed by atoms with Gasteiger partial charge in [-0.15, -0.1) is 0 Å². The van der Waals surface area contributed by atoms with Crippen LogP contribution in [0, 0.1) is 6.92 Å². The number of hydrazone groups is 1. The van der Waals surface area contributed by atoms with E-state index in [1.54, 1.807) is 26.1 Å². The lowest BCUT2D eigenvalue weighted by molar-refractivity contribution is 0.0251. The predicted molar refractivity (Wildman–Crippen MR) is 90.6 cm³/mol. The Morgan fingerprint density at radius 1 is 1.35 bits per heavy atom. The molecule has 0 atom stereocenters. The zero-order valence-electron chi connectivity index (χ0n) is 13.4. The fourth-order valence-corrected chi connectivity index (χ4v) is 1.73. The topological polar surface area (TPSA) is 106 Å². The number of rotatable bonds is 6. The van der Waals surface area contributed by atoms with Crippen LogP contribution in [0.5, 0.6) is 6.01 Å². The first kappa shape index (κ1) is 16.7. The summed E-state index contributed by atoms with van der Waals surface area (Å²) in [5.74, 6) is 0.658. The van der Waals surface area contributed by atoms with Crippen molar-refractivity contribution in [2.75, 3.05) is 17.8 Å². The van der Waals surface area contributed by atoms with E-state index >= 15 is 0 Å². The van der Waals surface area contributed by atoms with Crippen molar-refractivity contribution in [2.24, 2.45) is 5.10 Å². The van der Waals surface area contributed by atoms with Gasteiger partial charge in [-0.25, -0.2) is 0 Å². The van der Waals surface area contributed by atoms with Crippen molar-refractivity contribution in [1.82, 2.24) is 9.97 Å². The molecule has 0 aliphatic heterocycles. The molecule has 1 aromatic carbocycles. The van der Waals surface area contributed by atoms with Gasteiger partial charge in [0.1, 0.15) is 12.4 Å². The Labute approximate surface area is 135 Å². The molecule has 1 heterocycles. The summed E-state index contributed by atoms with van der Waals surface area (Å²) in [7, 11) is 0. The number of aryl methyl sites for hydroxylation is 1. The summed E-state index contributed by atoms with van der Waals surface area (Å²) in [6, 6.07) is 9.57. The molecule has 0 fully saturated rings. The van der Waals surface area contributed by atoms with E-state index in [9.17, 15) is 5.11 Å². The molecular weight excluding hydrogens is 294 g/mol. The average Bonchev–Trinajstić information content (AvgIpc) is 2.44. The van der Waals surface area contributed by atoms with Crippen molar-refractivity contribution in [3.8, 4) is 6.01 Å². The number of aliphatic hydroxyl groups is 1. The van der Waals surface area contributed by atoms with Gasteiger partial charge in [-0.05, 0) is 26.3 Å². The molecule has 0 unspecified atom stereocenters. The van der Waals surface area contributed by atoms with Crippen molar-refractivity contribution < 1.29 is 9.84 Å². The summed E-state index contributed by atoms with van der Waals surface area (Å²) >= 11 is 0. The van der Waals surface area contributed by atoms with E-state index in [4.69, 9.17) is 10.5 Å². The molecule has 0 radical (unpaired) electrons. The van der Waals surface area contributed by atoms with E-state index in [-0.39, 0.29) is 18.4 Å². The van der Waals surface area contributed by atoms with Crippen LogP contribution < -0.4 is 15.9 Å². The zero-order valence-corrected chi connectivity index (χ0v) is 13.4. The molecule has 2 aromatic rings. The van der Waals surface area contributed by atoms with Gasteiger partial charge in [0.05, 0.1) is 11.8 Å². The number of nitrogens with two attached hydrogens (primary N) is 1. The number of nitrogen functional groups attached to an aromatic ring is 1. The molecule has 0 saturated carbocycles. The molecule has 1 aromatic heterocycles. The van der Waals surface area contributed by atoms with Crippen LogP contribution in [0.1, 0.15) is 25.0 Å². The zero-order chi connectivity index (χ0) is 16.9. The molecule has 7 heteroatoms. The average molecular weight is 315 g/mol. The van der Waals surface area contributed by atoms with Crippen molar-refractivity contribution in [2.45, 2.75) is 26.4 Å². The first-order valence-corrected chi connectivity index (χ1v) is 7.17. The summed E-state index contributed by atoms with van der Waals surface area (Å²) in [6.07, 6.45) is 1.68. The highest BCUT2D eigenvalue weighted by Crippen LogP contribution is 2.14. The van der Waals surface area contributed by atoms with Crippen LogP contribution >= 0.6 is 0 Å².